The van der Waals surface area contributed by atoms with Crippen LogP contribution in [0, 0.1) is 0 Å². The van der Waals surface area contributed by atoms with E-state index in [9.17, 15) is 4.57 Å². The molecule has 0 aliphatic carbocycles. The van der Waals surface area contributed by atoms with Gasteiger partial charge < -0.3 is 9.46 Å². The fraction of sp³-hybridized carbons (Fsp3) is 0.111. The molecule has 3 aromatic rings. The van der Waals surface area contributed by atoms with Crippen LogP contribution < -0.4 is 20.9 Å². The molecular formula is C18H18N3OP. The van der Waals surface area contributed by atoms with Crippen molar-refractivity contribution in [1.82, 2.24) is 9.97 Å². The van der Waals surface area contributed by atoms with E-state index in [1.54, 1.807) is 12.4 Å². The first-order valence-electron chi connectivity index (χ1n) is 7.33. The maximum atomic E-state index is 14.0. The summed E-state index contributed by atoms with van der Waals surface area (Å²) in [7, 11) is 0.782. The molecule has 0 aliphatic rings. The number of hydrogen-bond donors (Lipinski definition) is 0. The minimum atomic E-state index is -3.02. The van der Waals surface area contributed by atoms with E-state index in [1.165, 1.54) is 0 Å². The highest BCUT2D eigenvalue weighted by Gasteiger charge is 2.31. The number of aromatic nitrogens is 2. The summed E-state index contributed by atoms with van der Waals surface area (Å²) in [5.41, 5.74) is 0.500. The largest absolute Gasteiger partial charge is 0.361 e. The SMILES string of the molecule is CN(C)c1cnc(P(=O)(c2ccccc2)c2ccccc2)cn1. The first-order chi connectivity index (χ1) is 11.1. The monoisotopic (exact) mass is 323 g/mol. The van der Waals surface area contributed by atoms with E-state index in [0.29, 0.717) is 5.44 Å². The zero-order valence-corrected chi connectivity index (χ0v) is 14.0. The predicted octanol–water partition coefficient (Wildman–Crippen LogP) is 2.18. The molecule has 0 atom stereocenters. The smallest absolute Gasteiger partial charge is 0.190 e. The molecule has 4 nitrogen and oxygen atoms in total. The van der Waals surface area contributed by atoms with E-state index in [2.05, 4.69) is 9.97 Å². The van der Waals surface area contributed by atoms with Crippen LogP contribution in [-0.4, -0.2) is 24.1 Å². The van der Waals surface area contributed by atoms with Gasteiger partial charge in [-0.3, -0.25) is 0 Å². The van der Waals surface area contributed by atoms with Gasteiger partial charge in [0.15, 0.2) is 7.14 Å². The van der Waals surface area contributed by atoms with Gasteiger partial charge in [0, 0.05) is 24.7 Å². The molecule has 0 bridgehead atoms. The van der Waals surface area contributed by atoms with Crippen molar-refractivity contribution in [3.8, 4) is 0 Å². The Hall–Kier alpha value is -2.45. The van der Waals surface area contributed by atoms with E-state index in [-0.39, 0.29) is 0 Å². The van der Waals surface area contributed by atoms with Crippen molar-refractivity contribution >= 4 is 29.0 Å². The Labute approximate surface area is 136 Å². The summed E-state index contributed by atoms with van der Waals surface area (Å²) in [5, 5.41) is 1.52. The third-order valence-electron chi connectivity index (χ3n) is 3.65. The van der Waals surface area contributed by atoms with Crippen molar-refractivity contribution < 1.29 is 4.57 Å². The van der Waals surface area contributed by atoms with E-state index < -0.39 is 7.14 Å². The van der Waals surface area contributed by atoms with Crippen LogP contribution in [0.15, 0.2) is 73.1 Å². The average molecular weight is 323 g/mol. The van der Waals surface area contributed by atoms with Crippen molar-refractivity contribution in [1.29, 1.82) is 0 Å². The predicted molar refractivity (Wildman–Crippen MR) is 95.8 cm³/mol. The number of benzene rings is 2. The van der Waals surface area contributed by atoms with Crippen molar-refractivity contribution in [2.24, 2.45) is 0 Å². The molecule has 0 unspecified atom stereocenters. The molecular weight excluding hydrogens is 305 g/mol. The molecule has 5 heteroatoms. The molecule has 0 spiro atoms. The van der Waals surface area contributed by atoms with Gasteiger partial charge in [-0.2, -0.15) is 0 Å². The van der Waals surface area contributed by atoms with Crippen LogP contribution in [0.3, 0.4) is 0 Å². The molecule has 0 radical (unpaired) electrons. The van der Waals surface area contributed by atoms with Crippen LogP contribution in [0.5, 0.6) is 0 Å². The number of nitrogens with zero attached hydrogens (tertiary/aromatic N) is 3. The van der Waals surface area contributed by atoms with Gasteiger partial charge in [-0.25, -0.2) is 9.97 Å². The zero-order valence-electron chi connectivity index (χ0n) is 13.1. The fourth-order valence-corrected chi connectivity index (χ4v) is 4.85. The van der Waals surface area contributed by atoms with Gasteiger partial charge in [0.05, 0.1) is 12.4 Å². The van der Waals surface area contributed by atoms with Gasteiger partial charge >= 0.3 is 0 Å². The molecule has 0 N–H and O–H groups in total. The molecule has 0 saturated heterocycles. The van der Waals surface area contributed by atoms with Crippen molar-refractivity contribution in [2.75, 3.05) is 19.0 Å². The van der Waals surface area contributed by atoms with E-state index in [4.69, 9.17) is 0 Å². The highest BCUT2D eigenvalue weighted by Crippen LogP contribution is 2.41. The van der Waals surface area contributed by atoms with Gasteiger partial charge in [0.25, 0.3) is 0 Å². The molecule has 0 aliphatic heterocycles. The van der Waals surface area contributed by atoms with E-state index in [1.807, 2.05) is 79.7 Å². The lowest BCUT2D eigenvalue weighted by atomic mass is 10.4. The number of hydrogen-bond acceptors (Lipinski definition) is 4. The molecule has 2 aromatic carbocycles. The third kappa shape index (κ3) is 2.90. The van der Waals surface area contributed by atoms with Crippen LogP contribution in [0.25, 0.3) is 0 Å². The number of rotatable bonds is 4. The molecule has 3 rings (SSSR count). The Morgan fingerprint density at radius 2 is 1.30 bits per heavy atom. The third-order valence-corrected chi connectivity index (χ3v) is 6.57. The lowest BCUT2D eigenvalue weighted by Crippen LogP contribution is -2.27. The molecule has 0 saturated carbocycles. The fourth-order valence-electron chi connectivity index (χ4n) is 2.40. The van der Waals surface area contributed by atoms with E-state index in [0.717, 1.165) is 16.4 Å². The molecule has 0 fully saturated rings. The maximum Gasteiger partial charge on any atom is 0.190 e. The first-order valence-corrected chi connectivity index (χ1v) is 9.04. The Morgan fingerprint density at radius 1 is 0.783 bits per heavy atom. The highest BCUT2D eigenvalue weighted by molar-refractivity contribution is 7.85. The van der Waals surface area contributed by atoms with Crippen LogP contribution in [0.4, 0.5) is 5.82 Å². The minimum absolute atomic E-state index is 0.500. The van der Waals surface area contributed by atoms with Gasteiger partial charge in [-0.05, 0) is 0 Å². The standard InChI is InChI=1S/C18H18N3OP/c1-21(2)17-13-20-18(14-19-17)23(22,15-9-5-3-6-10-15)16-11-7-4-8-12-16/h3-14H,1-2H3. The molecule has 116 valence electrons. The Morgan fingerprint density at radius 3 is 1.70 bits per heavy atom. The van der Waals surface area contributed by atoms with Gasteiger partial charge in [0.2, 0.25) is 0 Å². The zero-order chi connectivity index (χ0) is 16.3. The summed E-state index contributed by atoms with van der Waals surface area (Å²) in [5.74, 6) is 0.737. The second-order valence-electron chi connectivity index (χ2n) is 5.41. The quantitative estimate of drug-likeness (QED) is 0.691. The van der Waals surface area contributed by atoms with Crippen LogP contribution in [0.1, 0.15) is 0 Å². The Kier molecular flexibility index (Phi) is 4.26. The molecule has 1 heterocycles. The maximum absolute atomic E-state index is 14.0. The normalized spacial score (nSPS) is 11.2. The highest BCUT2D eigenvalue weighted by atomic mass is 31.2. The second kappa shape index (κ2) is 6.35. The summed E-state index contributed by atoms with van der Waals surface area (Å²) in [4.78, 5) is 10.7. The summed E-state index contributed by atoms with van der Waals surface area (Å²) in [6.45, 7) is 0. The topological polar surface area (TPSA) is 46.1 Å². The average Bonchev–Trinajstić information content (AvgIpc) is 2.62. The number of anilines is 1. The Bertz CT molecular complexity index is 774. The molecule has 0 amide bonds. The second-order valence-corrected chi connectivity index (χ2v) is 8.12. The Balaban J connectivity index is 2.19. The van der Waals surface area contributed by atoms with Crippen molar-refractivity contribution in [3.63, 3.8) is 0 Å². The summed E-state index contributed by atoms with van der Waals surface area (Å²) in [6, 6.07) is 19.0. The van der Waals surface area contributed by atoms with Crippen molar-refractivity contribution in [3.05, 3.63) is 73.1 Å². The summed E-state index contributed by atoms with van der Waals surface area (Å²) in [6.07, 6.45) is 3.28. The van der Waals surface area contributed by atoms with Gasteiger partial charge in [-0.15, -0.1) is 0 Å². The lowest BCUT2D eigenvalue weighted by molar-refractivity contribution is 0.592. The van der Waals surface area contributed by atoms with Crippen molar-refractivity contribution in [2.45, 2.75) is 0 Å². The molecule has 1 aromatic heterocycles. The molecule has 23 heavy (non-hydrogen) atoms. The lowest BCUT2D eigenvalue weighted by Gasteiger charge is -2.19. The minimum Gasteiger partial charge on any atom is -0.361 e. The van der Waals surface area contributed by atoms with Gasteiger partial charge in [-0.1, -0.05) is 60.7 Å². The summed E-state index contributed by atoms with van der Waals surface area (Å²) < 4.78 is 14.0. The summed E-state index contributed by atoms with van der Waals surface area (Å²) >= 11 is 0. The van der Waals surface area contributed by atoms with Crippen LogP contribution >= 0.6 is 7.14 Å². The first kappa shape index (κ1) is 15.4. The van der Waals surface area contributed by atoms with Gasteiger partial charge in [0.1, 0.15) is 11.3 Å². The van der Waals surface area contributed by atoms with E-state index >= 15 is 0 Å². The van der Waals surface area contributed by atoms with Crippen LogP contribution in [-0.2, 0) is 4.57 Å². The van der Waals surface area contributed by atoms with Crippen LogP contribution in [0.2, 0.25) is 0 Å².